The standard InChI is InChI=1S/C16H19NO3S/c1-3-12-21(18,19)16-10-8-15(9-11-16)20-14-6-4-13(17-2)5-7-14/h4-11,17H,3,12H2,1-2H3. The van der Waals surface area contributed by atoms with E-state index in [1.807, 2.05) is 38.2 Å². The number of benzene rings is 2. The van der Waals surface area contributed by atoms with Crippen LogP contribution in [0.15, 0.2) is 53.4 Å². The lowest BCUT2D eigenvalue weighted by molar-refractivity contribution is 0.482. The first-order chi connectivity index (χ1) is 10.0. The van der Waals surface area contributed by atoms with Gasteiger partial charge in [-0.05, 0) is 55.0 Å². The zero-order chi connectivity index (χ0) is 15.3. The minimum absolute atomic E-state index is 0.165. The molecule has 0 heterocycles. The van der Waals surface area contributed by atoms with E-state index in [1.165, 1.54) is 0 Å². The molecule has 0 unspecified atom stereocenters. The summed E-state index contributed by atoms with van der Waals surface area (Å²) in [5.74, 6) is 1.49. The van der Waals surface area contributed by atoms with E-state index in [-0.39, 0.29) is 5.75 Å². The number of sulfone groups is 1. The minimum Gasteiger partial charge on any atom is -0.457 e. The van der Waals surface area contributed by atoms with Gasteiger partial charge in [-0.25, -0.2) is 8.42 Å². The second-order valence-electron chi connectivity index (χ2n) is 4.67. The summed E-state index contributed by atoms with van der Waals surface area (Å²) < 4.78 is 29.5. The normalized spacial score (nSPS) is 11.1. The number of hydrogen-bond acceptors (Lipinski definition) is 4. The van der Waals surface area contributed by atoms with Gasteiger partial charge in [0.05, 0.1) is 10.6 Å². The van der Waals surface area contributed by atoms with Crippen LogP contribution in [0, 0.1) is 0 Å². The molecular formula is C16H19NO3S. The van der Waals surface area contributed by atoms with Gasteiger partial charge in [0.2, 0.25) is 0 Å². The smallest absolute Gasteiger partial charge is 0.178 e. The lowest BCUT2D eigenvalue weighted by Crippen LogP contribution is -2.05. The van der Waals surface area contributed by atoms with E-state index in [0.29, 0.717) is 22.8 Å². The first-order valence-electron chi connectivity index (χ1n) is 6.83. The summed E-state index contributed by atoms with van der Waals surface area (Å²) in [6.45, 7) is 1.85. The van der Waals surface area contributed by atoms with Crippen LogP contribution in [0.2, 0.25) is 0 Å². The molecule has 1 N–H and O–H groups in total. The van der Waals surface area contributed by atoms with E-state index >= 15 is 0 Å². The molecule has 0 fully saturated rings. The molecule has 112 valence electrons. The summed E-state index contributed by atoms with van der Waals surface area (Å²) in [6, 6.07) is 14.1. The van der Waals surface area contributed by atoms with Crippen molar-refractivity contribution >= 4 is 15.5 Å². The highest BCUT2D eigenvalue weighted by molar-refractivity contribution is 7.91. The van der Waals surface area contributed by atoms with Crippen molar-refractivity contribution in [2.75, 3.05) is 18.1 Å². The van der Waals surface area contributed by atoms with Crippen LogP contribution in [0.4, 0.5) is 5.69 Å². The van der Waals surface area contributed by atoms with Crippen molar-refractivity contribution in [3.05, 3.63) is 48.5 Å². The number of anilines is 1. The van der Waals surface area contributed by atoms with Crippen molar-refractivity contribution in [2.45, 2.75) is 18.2 Å². The summed E-state index contributed by atoms with van der Waals surface area (Å²) in [4.78, 5) is 0.335. The molecule has 5 heteroatoms. The van der Waals surface area contributed by atoms with Gasteiger partial charge >= 0.3 is 0 Å². The summed E-state index contributed by atoms with van der Waals surface area (Å²) in [5, 5.41) is 3.03. The lowest BCUT2D eigenvalue weighted by Gasteiger charge is -2.08. The maximum atomic E-state index is 11.9. The zero-order valence-electron chi connectivity index (χ0n) is 12.2. The van der Waals surface area contributed by atoms with Gasteiger partial charge < -0.3 is 10.1 Å². The van der Waals surface area contributed by atoms with Crippen LogP contribution in [0.3, 0.4) is 0 Å². The average molecular weight is 305 g/mol. The Labute approximate surface area is 125 Å². The van der Waals surface area contributed by atoms with Crippen LogP contribution >= 0.6 is 0 Å². The Morgan fingerprint density at radius 1 is 0.952 bits per heavy atom. The van der Waals surface area contributed by atoms with E-state index in [1.54, 1.807) is 24.3 Å². The monoisotopic (exact) mass is 305 g/mol. The molecule has 0 aliphatic rings. The van der Waals surface area contributed by atoms with Crippen LogP contribution < -0.4 is 10.1 Å². The van der Waals surface area contributed by atoms with Gasteiger partial charge in [-0.1, -0.05) is 6.92 Å². The molecule has 0 amide bonds. The predicted octanol–water partition coefficient (Wildman–Crippen LogP) is 3.70. The van der Waals surface area contributed by atoms with Crippen LogP contribution in [0.25, 0.3) is 0 Å². The molecule has 0 spiro atoms. The Morgan fingerprint density at radius 2 is 1.48 bits per heavy atom. The van der Waals surface area contributed by atoms with Gasteiger partial charge in [0.1, 0.15) is 11.5 Å². The first-order valence-corrected chi connectivity index (χ1v) is 8.49. The van der Waals surface area contributed by atoms with Crippen molar-refractivity contribution in [1.29, 1.82) is 0 Å². The molecule has 21 heavy (non-hydrogen) atoms. The second kappa shape index (κ2) is 6.63. The van der Waals surface area contributed by atoms with E-state index in [9.17, 15) is 8.42 Å². The molecule has 2 aromatic rings. The molecule has 0 bridgehead atoms. The van der Waals surface area contributed by atoms with Gasteiger partial charge in [-0.3, -0.25) is 0 Å². The summed E-state index contributed by atoms with van der Waals surface area (Å²) in [7, 11) is -1.32. The van der Waals surface area contributed by atoms with Gasteiger partial charge in [-0.2, -0.15) is 0 Å². The summed E-state index contributed by atoms with van der Waals surface area (Å²) >= 11 is 0. The largest absolute Gasteiger partial charge is 0.457 e. The fourth-order valence-corrected chi connectivity index (χ4v) is 3.25. The maximum absolute atomic E-state index is 11.9. The van der Waals surface area contributed by atoms with Gasteiger partial charge in [-0.15, -0.1) is 0 Å². The predicted molar refractivity (Wildman–Crippen MR) is 84.8 cm³/mol. The summed E-state index contributed by atoms with van der Waals surface area (Å²) in [6.07, 6.45) is 0.610. The van der Waals surface area contributed by atoms with E-state index in [4.69, 9.17) is 4.74 Å². The fraction of sp³-hybridized carbons (Fsp3) is 0.250. The van der Waals surface area contributed by atoms with Crippen molar-refractivity contribution < 1.29 is 13.2 Å². The van der Waals surface area contributed by atoms with Crippen LogP contribution in [-0.2, 0) is 9.84 Å². The Bertz CT molecular complexity index is 676. The van der Waals surface area contributed by atoms with Gasteiger partial charge in [0.15, 0.2) is 9.84 Å². The highest BCUT2D eigenvalue weighted by Gasteiger charge is 2.12. The number of ether oxygens (including phenoxy) is 1. The van der Waals surface area contributed by atoms with Crippen molar-refractivity contribution in [1.82, 2.24) is 0 Å². The molecule has 2 rings (SSSR count). The topological polar surface area (TPSA) is 55.4 Å². The number of rotatable bonds is 6. The highest BCUT2D eigenvalue weighted by atomic mass is 32.2. The Morgan fingerprint density at radius 3 is 1.95 bits per heavy atom. The molecule has 0 saturated carbocycles. The second-order valence-corrected chi connectivity index (χ2v) is 6.78. The molecule has 0 aromatic heterocycles. The van der Waals surface area contributed by atoms with Crippen molar-refractivity contribution in [3.8, 4) is 11.5 Å². The molecule has 0 atom stereocenters. The first kappa shape index (κ1) is 15.4. The quantitative estimate of drug-likeness (QED) is 0.884. The molecule has 0 saturated heterocycles. The average Bonchev–Trinajstić information content (AvgIpc) is 2.48. The molecular weight excluding hydrogens is 286 g/mol. The Balaban J connectivity index is 2.12. The van der Waals surface area contributed by atoms with Gasteiger partial charge in [0.25, 0.3) is 0 Å². The third kappa shape index (κ3) is 3.98. The third-order valence-corrected chi connectivity index (χ3v) is 4.97. The van der Waals surface area contributed by atoms with Crippen LogP contribution in [-0.4, -0.2) is 21.2 Å². The third-order valence-electron chi connectivity index (χ3n) is 3.03. The molecule has 0 aliphatic carbocycles. The molecule has 2 aromatic carbocycles. The van der Waals surface area contributed by atoms with Crippen molar-refractivity contribution in [2.24, 2.45) is 0 Å². The van der Waals surface area contributed by atoms with Crippen LogP contribution in [0.5, 0.6) is 11.5 Å². The Kier molecular flexibility index (Phi) is 4.85. The fourth-order valence-electron chi connectivity index (χ4n) is 1.93. The number of nitrogens with one attached hydrogen (secondary N) is 1. The van der Waals surface area contributed by atoms with Gasteiger partial charge in [0, 0.05) is 12.7 Å². The maximum Gasteiger partial charge on any atom is 0.178 e. The van der Waals surface area contributed by atoms with Crippen molar-refractivity contribution in [3.63, 3.8) is 0 Å². The zero-order valence-corrected chi connectivity index (χ0v) is 13.0. The Hall–Kier alpha value is -2.01. The molecule has 0 aliphatic heterocycles. The summed E-state index contributed by atoms with van der Waals surface area (Å²) in [5.41, 5.74) is 1.00. The lowest BCUT2D eigenvalue weighted by atomic mass is 10.3. The molecule has 4 nitrogen and oxygen atoms in total. The highest BCUT2D eigenvalue weighted by Crippen LogP contribution is 2.24. The van der Waals surface area contributed by atoms with E-state index in [2.05, 4.69) is 5.32 Å². The van der Waals surface area contributed by atoms with E-state index in [0.717, 1.165) is 5.69 Å². The SMILES string of the molecule is CCCS(=O)(=O)c1ccc(Oc2ccc(NC)cc2)cc1. The number of hydrogen-bond donors (Lipinski definition) is 1. The van der Waals surface area contributed by atoms with Crippen LogP contribution in [0.1, 0.15) is 13.3 Å². The molecule has 0 radical (unpaired) electrons. The minimum atomic E-state index is -3.17. The van der Waals surface area contributed by atoms with E-state index < -0.39 is 9.84 Å².